The molecule has 0 bridgehead atoms. The Balaban J connectivity index is 1.79. The van der Waals surface area contributed by atoms with Gasteiger partial charge in [-0.05, 0) is 43.7 Å². The van der Waals surface area contributed by atoms with Crippen molar-refractivity contribution in [3.8, 4) is 0 Å². The summed E-state index contributed by atoms with van der Waals surface area (Å²) >= 11 is 1.22. The van der Waals surface area contributed by atoms with Gasteiger partial charge in [0, 0.05) is 11.3 Å². The molecule has 130 valence electrons. The van der Waals surface area contributed by atoms with Gasteiger partial charge in [0.25, 0.3) is 0 Å². The Hall–Kier alpha value is -2.60. The number of anilines is 2. The van der Waals surface area contributed by atoms with Crippen LogP contribution in [-0.4, -0.2) is 29.1 Å². The average molecular weight is 356 g/mol. The van der Waals surface area contributed by atoms with Crippen LogP contribution >= 0.6 is 11.8 Å². The number of hydrogen-bond acceptors (Lipinski definition) is 4. The molecule has 0 heterocycles. The van der Waals surface area contributed by atoms with Crippen LogP contribution in [0.3, 0.4) is 0 Å². The molecule has 2 aromatic rings. The molecular weight excluding hydrogens is 336 g/mol. The monoisotopic (exact) mass is 356 g/mol. The molecule has 0 spiro atoms. The van der Waals surface area contributed by atoms with E-state index in [1.807, 2.05) is 31.2 Å². The highest BCUT2D eigenvalue weighted by Gasteiger charge is 2.10. The van der Waals surface area contributed by atoms with E-state index >= 15 is 0 Å². The molecule has 2 amide bonds. The summed E-state index contributed by atoms with van der Waals surface area (Å²) in [5.74, 6) is -0.209. The number of hydrogen-bond donors (Lipinski definition) is 2. The predicted molar refractivity (Wildman–Crippen MR) is 102 cm³/mol. The lowest BCUT2D eigenvalue weighted by molar-refractivity contribution is -0.114. The molecule has 6 heteroatoms. The molecule has 0 atom stereocenters. The van der Waals surface area contributed by atoms with Gasteiger partial charge in [-0.1, -0.05) is 24.3 Å². The predicted octanol–water partition coefficient (Wildman–Crippen LogP) is 3.51. The summed E-state index contributed by atoms with van der Waals surface area (Å²) in [5.41, 5.74) is 2.77. The van der Waals surface area contributed by atoms with Crippen LogP contribution in [0, 0.1) is 6.92 Å². The molecule has 5 nitrogen and oxygen atoms in total. The number of aryl methyl sites for hydroxylation is 1. The molecule has 0 unspecified atom stereocenters. The Kier molecular flexibility index (Phi) is 6.77. The standard InChI is InChI=1S/C19H20N2O3S/c1-13-6-5-7-15(10-13)20-18(23)11-25-12-19(24)21-17-9-4-3-8-16(17)14(2)22/h3-10H,11-12H2,1-2H3,(H,20,23)(H,21,24). The molecular formula is C19H20N2O3S. The smallest absolute Gasteiger partial charge is 0.234 e. The average Bonchev–Trinajstić information content (AvgIpc) is 2.55. The summed E-state index contributed by atoms with van der Waals surface area (Å²) in [6.45, 7) is 3.41. The largest absolute Gasteiger partial charge is 0.325 e. The van der Waals surface area contributed by atoms with Crippen molar-refractivity contribution in [2.45, 2.75) is 13.8 Å². The van der Waals surface area contributed by atoms with E-state index in [1.165, 1.54) is 18.7 Å². The van der Waals surface area contributed by atoms with Crippen molar-refractivity contribution in [2.24, 2.45) is 0 Å². The maximum Gasteiger partial charge on any atom is 0.234 e. The van der Waals surface area contributed by atoms with E-state index in [0.717, 1.165) is 11.3 Å². The first-order chi connectivity index (χ1) is 12.0. The zero-order chi connectivity index (χ0) is 18.2. The van der Waals surface area contributed by atoms with Crippen LogP contribution in [0.5, 0.6) is 0 Å². The van der Waals surface area contributed by atoms with Crippen LogP contribution in [0.2, 0.25) is 0 Å². The van der Waals surface area contributed by atoms with E-state index in [0.29, 0.717) is 11.3 Å². The second kappa shape index (κ2) is 9.03. The van der Waals surface area contributed by atoms with Crippen LogP contribution in [0.1, 0.15) is 22.8 Å². The van der Waals surface area contributed by atoms with E-state index in [2.05, 4.69) is 10.6 Å². The van der Waals surface area contributed by atoms with Gasteiger partial charge in [0.05, 0.1) is 17.2 Å². The second-order valence-corrected chi connectivity index (χ2v) is 6.55. The molecule has 2 N–H and O–H groups in total. The number of ketones is 1. The summed E-state index contributed by atoms with van der Waals surface area (Å²) in [4.78, 5) is 35.4. The Labute approximate surface area is 151 Å². The summed E-state index contributed by atoms with van der Waals surface area (Å²) in [6, 6.07) is 14.4. The molecule has 0 aliphatic rings. The third-order valence-electron chi connectivity index (χ3n) is 3.35. The topological polar surface area (TPSA) is 75.3 Å². The maximum absolute atomic E-state index is 12.0. The number of nitrogens with one attached hydrogen (secondary N) is 2. The third kappa shape index (κ3) is 6.08. The van der Waals surface area contributed by atoms with Crippen molar-refractivity contribution in [3.05, 3.63) is 59.7 Å². The van der Waals surface area contributed by atoms with Crippen LogP contribution in [0.25, 0.3) is 0 Å². The summed E-state index contributed by atoms with van der Waals surface area (Å²) < 4.78 is 0. The first kappa shape index (κ1) is 18.7. The number of thioether (sulfide) groups is 1. The minimum absolute atomic E-state index is 0.110. The molecule has 0 fully saturated rings. The van der Waals surface area contributed by atoms with Crippen molar-refractivity contribution in [1.82, 2.24) is 0 Å². The molecule has 0 aliphatic carbocycles. The lowest BCUT2D eigenvalue weighted by Crippen LogP contribution is -2.19. The minimum Gasteiger partial charge on any atom is -0.325 e. The zero-order valence-corrected chi connectivity index (χ0v) is 15.0. The quantitative estimate of drug-likeness (QED) is 0.745. The van der Waals surface area contributed by atoms with E-state index in [-0.39, 0.29) is 29.1 Å². The number of para-hydroxylation sites is 1. The van der Waals surface area contributed by atoms with Gasteiger partial charge in [-0.25, -0.2) is 0 Å². The van der Waals surface area contributed by atoms with E-state index in [9.17, 15) is 14.4 Å². The second-order valence-electron chi connectivity index (χ2n) is 5.56. The van der Waals surface area contributed by atoms with E-state index < -0.39 is 0 Å². The number of benzene rings is 2. The van der Waals surface area contributed by atoms with Gasteiger partial charge in [0.15, 0.2) is 5.78 Å². The van der Waals surface area contributed by atoms with Crippen LogP contribution in [0.4, 0.5) is 11.4 Å². The normalized spacial score (nSPS) is 10.2. The molecule has 0 radical (unpaired) electrons. The highest BCUT2D eigenvalue weighted by Crippen LogP contribution is 2.16. The molecule has 0 saturated carbocycles. The number of carbonyl (C=O) groups excluding carboxylic acids is 3. The summed E-state index contributed by atoms with van der Waals surface area (Å²) in [5, 5.41) is 5.50. The molecule has 0 aromatic heterocycles. The SMILES string of the molecule is CC(=O)c1ccccc1NC(=O)CSCC(=O)Nc1cccc(C)c1. The summed E-state index contributed by atoms with van der Waals surface area (Å²) in [7, 11) is 0. The van der Waals surface area contributed by atoms with E-state index in [4.69, 9.17) is 0 Å². The fraction of sp³-hybridized carbons (Fsp3) is 0.211. The molecule has 0 aliphatic heterocycles. The van der Waals surface area contributed by atoms with Crippen molar-refractivity contribution in [2.75, 3.05) is 22.1 Å². The first-order valence-electron chi connectivity index (χ1n) is 7.80. The minimum atomic E-state index is -0.248. The summed E-state index contributed by atoms with van der Waals surface area (Å²) in [6.07, 6.45) is 0. The Bertz CT molecular complexity index is 790. The Morgan fingerprint density at radius 2 is 1.60 bits per heavy atom. The van der Waals surface area contributed by atoms with Gasteiger partial charge >= 0.3 is 0 Å². The van der Waals surface area contributed by atoms with Crippen molar-refractivity contribution < 1.29 is 14.4 Å². The fourth-order valence-electron chi connectivity index (χ4n) is 2.24. The number of carbonyl (C=O) groups is 3. The molecule has 2 rings (SSSR count). The highest BCUT2D eigenvalue weighted by atomic mass is 32.2. The fourth-order valence-corrected chi connectivity index (χ4v) is 2.86. The molecule has 2 aromatic carbocycles. The first-order valence-corrected chi connectivity index (χ1v) is 8.95. The van der Waals surface area contributed by atoms with Gasteiger partial charge < -0.3 is 10.6 Å². The van der Waals surface area contributed by atoms with Crippen molar-refractivity contribution in [3.63, 3.8) is 0 Å². The lowest BCUT2D eigenvalue weighted by Gasteiger charge is -2.09. The van der Waals surface area contributed by atoms with E-state index in [1.54, 1.807) is 24.3 Å². The van der Waals surface area contributed by atoms with Crippen molar-refractivity contribution >= 4 is 40.7 Å². The van der Waals surface area contributed by atoms with Gasteiger partial charge in [-0.2, -0.15) is 0 Å². The number of Topliss-reactive ketones (excluding diaryl/α,β-unsaturated/α-hetero) is 1. The highest BCUT2D eigenvalue weighted by molar-refractivity contribution is 8.00. The van der Waals surface area contributed by atoms with Crippen LogP contribution in [0.15, 0.2) is 48.5 Å². The van der Waals surface area contributed by atoms with Crippen LogP contribution < -0.4 is 10.6 Å². The van der Waals surface area contributed by atoms with Crippen molar-refractivity contribution in [1.29, 1.82) is 0 Å². The lowest BCUT2D eigenvalue weighted by atomic mass is 10.1. The Morgan fingerprint density at radius 3 is 2.28 bits per heavy atom. The van der Waals surface area contributed by atoms with Crippen LogP contribution in [-0.2, 0) is 9.59 Å². The Morgan fingerprint density at radius 1 is 0.920 bits per heavy atom. The third-order valence-corrected chi connectivity index (χ3v) is 4.28. The molecule has 25 heavy (non-hydrogen) atoms. The van der Waals surface area contributed by atoms with Gasteiger partial charge in [0.2, 0.25) is 11.8 Å². The number of rotatable bonds is 7. The maximum atomic E-state index is 12.0. The zero-order valence-electron chi connectivity index (χ0n) is 14.2. The van der Waals surface area contributed by atoms with Gasteiger partial charge in [-0.15, -0.1) is 11.8 Å². The van der Waals surface area contributed by atoms with Gasteiger partial charge in [0.1, 0.15) is 0 Å². The molecule has 0 saturated heterocycles. The number of amides is 2. The van der Waals surface area contributed by atoms with Gasteiger partial charge in [-0.3, -0.25) is 14.4 Å².